The number of carbonyl (C=O) groups is 1. The van der Waals surface area contributed by atoms with Crippen LogP contribution in [0.2, 0.25) is 5.02 Å². The molecule has 0 aromatic heterocycles. The van der Waals surface area contributed by atoms with Gasteiger partial charge in [0.05, 0.1) is 17.2 Å². The van der Waals surface area contributed by atoms with Gasteiger partial charge in [-0.05, 0) is 48.0 Å². The molecule has 0 spiro atoms. The van der Waals surface area contributed by atoms with Gasteiger partial charge in [-0.1, -0.05) is 35.9 Å². The van der Waals surface area contributed by atoms with E-state index in [2.05, 4.69) is 5.32 Å². The Kier molecular flexibility index (Phi) is 6.47. The van der Waals surface area contributed by atoms with E-state index >= 15 is 0 Å². The minimum absolute atomic E-state index is 0.00887. The molecule has 9 heteroatoms. The lowest BCUT2D eigenvalue weighted by molar-refractivity contribution is 0.102. The lowest BCUT2D eigenvalue weighted by atomic mass is 10.1. The molecule has 0 aliphatic rings. The standard InChI is InChI=1S/C21H14ClFN2O4S/c22-18-11-17(9-10-19(18)23)25-21(26)15-7-5-14(6-8-15)13-29-30(27,28)20-4-2-1-3-16(20)12-24/h1-11H,13H2,(H,25,26). The number of halogens is 2. The third-order valence-electron chi connectivity index (χ3n) is 4.05. The summed E-state index contributed by atoms with van der Waals surface area (Å²) in [6.07, 6.45) is 0. The number of benzene rings is 3. The molecule has 0 radical (unpaired) electrons. The van der Waals surface area contributed by atoms with Crippen LogP contribution in [0.15, 0.2) is 71.6 Å². The number of nitrogens with zero attached hydrogens (tertiary/aromatic N) is 1. The van der Waals surface area contributed by atoms with Crippen LogP contribution in [0.3, 0.4) is 0 Å². The SMILES string of the molecule is N#Cc1ccccc1S(=O)(=O)OCc1ccc(C(=O)Nc2ccc(F)c(Cl)c2)cc1. The van der Waals surface area contributed by atoms with Crippen molar-refractivity contribution in [2.24, 2.45) is 0 Å². The average molecular weight is 445 g/mol. The fourth-order valence-corrected chi connectivity index (χ4v) is 3.74. The van der Waals surface area contributed by atoms with Gasteiger partial charge in [0.2, 0.25) is 0 Å². The molecule has 0 aliphatic heterocycles. The van der Waals surface area contributed by atoms with Gasteiger partial charge < -0.3 is 5.32 Å². The van der Waals surface area contributed by atoms with Crippen LogP contribution in [-0.2, 0) is 20.9 Å². The van der Waals surface area contributed by atoms with E-state index in [-0.39, 0.29) is 22.1 Å². The molecule has 0 bridgehead atoms. The smallest absolute Gasteiger partial charge is 0.298 e. The normalized spacial score (nSPS) is 11.0. The summed E-state index contributed by atoms with van der Waals surface area (Å²) in [5, 5.41) is 11.5. The van der Waals surface area contributed by atoms with Crippen LogP contribution >= 0.6 is 11.6 Å². The minimum Gasteiger partial charge on any atom is -0.322 e. The monoisotopic (exact) mass is 444 g/mol. The second-order valence-electron chi connectivity index (χ2n) is 6.10. The summed E-state index contributed by atoms with van der Waals surface area (Å²) in [5.41, 5.74) is 1.14. The molecule has 0 fully saturated rings. The van der Waals surface area contributed by atoms with Crippen LogP contribution in [0, 0.1) is 17.1 Å². The molecule has 1 N–H and O–H groups in total. The highest BCUT2D eigenvalue weighted by atomic mass is 35.5. The molecule has 3 rings (SSSR count). The molecule has 0 heterocycles. The molecule has 152 valence electrons. The van der Waals surface area contributed by atoms with Crippen molar-refractivity contribution in [2.75, 3.05) is 5.32 Å². The quantitative estimate of drug-likeness (QED) is 0.564. The zero-order valence-electron chi connectivity index (χ0n) is 15.3. The van der Waals surface area contributed by atoms with Crippen molar-refractivity contribution in [1.29, 1.82) is 5.26 Å². The van der Waals surface area contributed by atoms with Crippen LogP contribution in [0.25, 0.3) is 0 Å². The Bertz CT molecular complexity index is 1240. The molecule has 0 aliphatic carbocycles. The van der Waals surface area contributed by atoms with E-state index < -0.39 is 21.8 Å². The van der Waals surface area contributed by atoms with E-state index in [1.165, 1.54) is 54.6 Å². The molecule has 0 unspecified atom stereocenters. The van der Waals surface area contributed by atoms with Crippen molar-refractivity contribution in [2.45, 2.75) is 11.5 Å². The maximum absolute atomic E-state index is 13.2. The van der Waals surface area contributed by atoms with Gasteiger partial charge >= 0.3 is 0 Å². The van der Waals surface area contributed by atoms with Crippen LogP contribution in [0.4, 0.5) is 10.1 Å². The lowest BCUT2D eigenvalue weighted by Gasteiger charge is -2.09. The number of anilines is 1. The summed E-state index contributed by atoms with van der Waals surface area (Å²) in [6.45, 7) is -0.266. The van der Waals surface area contributed by atoms with Crippen molar-refractivity contribution >= 4 is 33.3 Å². The maximum atomic E-state index is 13.2. The fourth-order valence-electron chi connectivity index (χ4n) is 2.52. The van der Waals surface area contributed by atoms with Crippen LogP contribution in [0.5, 0.6) is 0 Å². The summed E-state index contributed by atoms with van der Waals surface area (Å²) < 4.78 is 42.9. The Hall–Kier alpha value is -3.25. The highest BCUT2D eigenvalue weighted by Crippen LogP contribution is 2.21. The topological polar surface area (TPSA) is 96.3 Å². The van der Waals surface area contributed by atoms with Gasteiger partial charge in [0.15, 0.2) is 0 Å². The van der Waals surface area contributed by atoms with Crippen molar-refractivity contribution < 1.29 is 21.8 Å². The summed E-state index contributed by atoms with van der Waals surface area (Å²) in [4.78, 5) is 12.1. The minimum atomic E-state index is -4.12. The lowest BCUT2D eigenvalue weighted by Crippen LogP contribution is -2.12. The highest BCUT2D eigenvalue weighted by Gasteiger charge is 2.19. The Morgan fingerprint density at radius 2 is 1.80 bits per heavy atom. The Morgan fingerprint density at radius 1 is 1.10 bits per heavy atom. The van der Waals surface area contributed by atoms with Crippen molar-refractivity contribution in [3.8, 4) is 6.07 Å². The summed E-state index contributed by atoms with van der Waals surface area (Å²) in [7, 11) is -4.12. The van der Waals surface area contributed by atoms with Gasteiger partial charge in [-0.15, -0.1) is 0 Å². The molecular weight excluding hydrogens is 431 g/mol. The number of rotatable bonds is 6. The first-order valence-corrected chi connectivity index (χ1v) is 10.3. The molecule has 3 aromatic carbocycles. The van der Waals surface area contributed by atoms with E-state index in [1.54, 1.807) is 6.07 Å². The first-order valence-electron chi connectivity index (χ1n) is 8.54. The van der Waals surface area contributed by atoms with Gasteiger partial charge in [0.25, 0.3) is 16.0 Å². The second kappa shape index (κ2) is 9.05. The fraction of sp³-hybridized carbons (Fsp3) is 0.0476. The van der Waals surface area contributed by atoms with E-state index in [4.69, 9.17) is 21.0 Å². The predicted molar refractivity (Wildman–Crippen MR) is 109 cm³/mol. The Morgan fingerprint density at radius 3 is 2.47 bits per heavy atom. The Labute approximate surface area is 177 Å². The Balaban J connectivity index is 1.66. The molecule has 0 saturated heterocycles. The van der Waals surface area contributed by atoms with Crippen LogP contribution < -0.4 is 5.32 Å². The number of carbonyl (C=O) groups excluding carboxylic acids is 1. The number of hydrogen-bond acceptors (Lipinski definition) is 5. The second-order valence-corrected chi connectivity index (χ2v) is 8.10. The first-order chi connectivity index (χ1) is 14.3. The third-order valence-corrected chi connectivity index (χ3v) is 5.66. The van der Waals surface area contributed by atoms with Gasteiger partial charge in [-0.25, -0.2) is 4.39 Å². The third kappa shape index (κ3) is 5.02. The van der Waals surface area contributed by atoms with Crippen molar-refractivity contribution in [3.63, 3.8) is 0 Å². The summed E-state index contributed by atoms with van der Waals surface area (Å²) in [5.74, 6) is -1.04. The average Bonchev–Trinajstić information content (AvgIpc) is 2.75. The van der Waals surface area contributed by atoms with E-state index in [1.807, 2.05) is 6.07 Å². The first kappa shape index (κ1) is 21.5. The predicted octanol–water partition coefficient (Wildman–Crippen LogP) is 4.51. The zero-order chi connectivity index (χ0) is 21.7. The van der Waals surface area contributed by atoms with Gasteiger partial charge in [-0.2, -0.15) is 13.7 Å². The van der Waals surface area contributed by atoms with Crippen molar-refractivity contribution in [1.82, 2.24) is 0 Å². The molecule has 1 amide bonds. The van der Waals surface area contributed by atoms with Gasteiger partial charge in [0.1, 0.15) is 16.8 Å². The summed E-state index contributed by atoms with van der Waals surface area (Å²) in [6, 6.07) is 17.4. The van der Waals surface area contributed by atoms with Gasteiger partial charge in [-0.3, -0.25) is 8.98 Å². The highest BCUT2D eigenvalue weighted by molar-refractivity contribution is 7.86. The molecule has 30 heavy (non-hydrogen) atoms. The van der Waals surface area contributed by atoms with Crippen LogP contribution in [0.1, 0.15) is 21.5 Å². The number of amides is 1. The molecule has 0 atom stereocenters. The van der Waals surface area contributed by atoms with Crippen LogP contribution in [-0.4, -0.2) is 14.3 Å². The molecular formula is C21H14ClFN2O4S. The number of hydrogen-bond donors (Lipinski definition) is 1. The van der Waals surface area contributed by atoms with Gasteiger partial charge in [0, 0.05) is 11.3 Å². The molecule has 0 saturated carbocycles. The molecule has 3 aromatic rings. The number of nitrogens with one attached hydrogen (secondary N) is 1. The largest absolute Gasteiger partial charge is 0.322 e. The summed E-state index contributed by atoms with van der Waals surface area (Å²) >= 11 is 5.69. The number of nitriles is 1. The molecule has 6 nitrogen and oxygen atoms in total. The van der Waals surface area contributed by atoms with E-state index in [9.17, 15) is 17.6 Å². The zero-order valence-corrected chi connectivity index (χ0v) is 16.9. The van der Waals surface area contributed by atoms with E-state index in [0.29, 0.717) is 16.8 Å². The maximum Gasteiger partial charge on any atom is 0.298 e. The van der Waals surface area contributed by atoms with E-state index in [0.717, 1.165) is 6.07 Å². The van der Waals surface area contributed by atoms with Crippen molar-refractivity contribution in [3.05, 3.63) is 94.3 Å².